The van der Waals surface area contributed by atoms with Crippen LogP contribution in [0.3, 0.4) is 0 Å². The number of nitrogens with zero attached hydrogens (tertiary/aromatic N) is 2. The van der Waals surface area contributed by atoms with Gasteiger partial charge >= 0.3 is 12.7 Å². The van der Waals surface area contributed by atoms with Crippen molar-refractivity contribution in [2.45, 2.75) is 0 Å². The molecular formula is C2H3N3+2. The Bertz CT molecular complexity index is 63.0. The van der Waals surface area contributed by atoms with E-state index in [1.54, 1.807) is 0 Å². The number of aliphatic imine (C=N–C) groups is 1. The molecule has 0 amide bonds. The molecule has 3 nitrogen and oxygen atoms in total. The van der Waals surface area contributed by atoms with Crippen LogP contribution in [0.25, 0.3) is 0 Å². The number of nitrogens with one attached hydrogen (secondary N) is 1. The smallest absolute Gasteiger partial charge is 0.0132 e. The van der Waals surface area contributed by atoms with Crippen LogP contribution >= 0.6 is 0 Å². The first kappa shape index (κ1) is 2.38. The van der Waals surface area contributed by atoms with Crippen molar-refractivity contribution >= 4 is 12.7 Å². The maximum Gasteiger partial charge on any atom is 0.460 e. The minimum atomic E-state index is 1.44. The predicted octanol–water partition coefficient (Wildman–Crippen LogP) is -1.77. The Morgan fingerprint density at radius 2 is 2.60 bits per heavy atom. The third-order valence-electron chi connectivity index (χ3n) is 0.331. The summed E-state index contributed by atoms with van der Waals surface area (Å²) in [5.41, 5.74) is 2.50. The van der Waals surface area contributed by atoms with Crippen molar-refractivity contribution < 1.29 is 0 Å². The highest BCUT2D eigenvalue weighted by Crippen LogP contribution is 1.33. The standard InChI is InChI=1S/C2H3N3/c1-3-2-5-4-1/h1-2,4H/q+2. The molecule has 0 aromatic rings. The molecule has 0 fully saturated rings. The summed E-state index contributed by atoms with van der Waals surface area (Å²) in [6, 6.07) is 0. The summed E-state index contributed by atoms with van der Waals surface area (Å²) < 4.78 is 0. The minimum Gasteiger partial charge on any atom is 0.0132 e. The van der Waals surface area contributed by atoms with Crippen molar-refractivity contribution in [2.24, 2.45) is 0 Å². The van der Waals surface area contributed by atoms with Gasteiger partial charge in [-0.1, -0.05) is 0 Å². The van der Waals surface area contributed by atoms with Gasteiger partial charge in [0.05, 0.1) is 4.99 Å². The molecule has 3 heteroatoms. The van der Waals surface area contributed by atoms with Gasteiger partial charge in [-0.25, -0.2) is 0 Å². The first-order valence-corrected chi connectivity index (χ1v) is 1.29. The average Bonchev–Trinajstić information content (AvgIpc) is 1.76. The normalized spacial score (nSPS) is 16.0. The number of hydrogen-bond acceptors (Lipinski definition) is 3. The first-order chi connectivity index (χ1) is 2.50. The summed E-state index contributed by atoms with van der Waals surface area (Å²) in [7, 11) is 0. The minimum absolute atomic E-state index is 1.44. The quantitative estimate of drug-likeness (QED) is 0.359. The number of hydrogen-bond donors (Lipinski definition) is 1. The van der Waals surface area contributed by atoms with Crippen LogP contribution in [0.1, 0.15) is 0 Å². The molecule has 0 aromatic carbocycles. The molecule has 2 radical (unpaired) electrons. The van der Waals surface area contributed by atoms with E-state index >= 15 is 0 Å². The van der Waals surface area contributed by atoms with Gasteiger partial charge in [0.25, 0.3) is 0 Å². The van der Waals surface area contributed by atoms with E-state index in [1.165, 1.54) is 12.7 Å². The van der Waals surface area contributed by atoms with Gasteiger partial charge in [-0.2, -0.15) is 0 Å². The lowest BCUT2D eigenvalue weighted by Crippen LogP contribution is -2.06. The Morgan fingerprint density at radius 3 is 2.80 bits per heavy atom. The van der Waals surface area contributed by atoms with E-state index in [2.05, 4.69) is 15.5 Å². The van der Waals surface area contributed by atoms with E-state index in [0.29, 0.717) is 0 Å². The molecule has 1 rings (SSSR count). The van der Waals surface area contributed by atoms with Crippen LogP contribution in [0.4, 0.5) is 0 Å². The van der Waals surface area contributed by atoms with E-state index in [0.717, 1.165) is 0 Å². The zero-order chi connectivity index (χ0) is 3.54. The fraction of sp³-hybridized carbons (Fsp3) is 0. The summed E-state index contributed by atoms with van der Waals surface area (Å²) in [5, 5.41) is 3.49. The van der Waals surface area contributed by atoms with Gasteiger partial charge in [0, 0.05) is 5.43 Å². The molecule has 0 aromatic heterocycles. The molecule has 0 atom stereocenters. The lowest BCUT2D eigenvalue weighted by Gasteiger charge is -1.35. The second kappa shape index (κ2) is 0.839. The van der Waals surface area contributed by atoms with Crippen molar-refractivity contribution in [3.05, 3.63) is 0 Å². The van der Waals surface area contributed by atoms with Crippen LogP contribution in [-0.4, -0.2) is 12.7 Å². The molecule has 0 saturated heterocycles. The molecule has 0 bridgehead atoms. The van der Waals surface area contributed by atoms with Gasteiger partial charge in [-0.3, -0.25) is 0 Å². The molecule has 24 valence electrons. The van der Waals surface area contributed by atoms with Crippen LogP contribution < -0.4 is 15.5 Å². The van der Waals surface area contributed by atoms with Gasteiger partial charge in [0.15, 0.2) is 0 Å². The van der Waals surface area contributed by atoms with Crippen LogP contribution in [0.15, 0.2) is 0 Å². The number of hydrazone groups is 1. The second-order valence-corrected chi connectivity index (χ2v) is 0.652. The largest absolute Gasteiger partial charge is 0.460 e. The van der Waals surface area contributed by atoms with Crippen molar-refractivity contribution in [3.8, 4) is 0 Å². The fourth-order valence-corrected chi connectivity index (χ4v) is 0.167. The highest BCUT2D eigenvalue weighted by atomic mass is 15.3. The molecule has 0 unspecified atom stereocenters. The monoisotopic (exact) mass is 69.0 g/mol. The SMILES string of the molecule is C1=[N+]C=[N+]N1. The Balaban J connectivity index is 2.61. The van der Waals surface area contributed by atoms with E-state index in [1.807, 2.05) is 0 Å². The van der Waals surface area contributed by atoms with E-state index < -0.39 is 0 Å². The summed E-state index contributed by atoms with van der Waals surface area (Å²) >= 11 is 0. The highest BCUT2D eigenvalue weighted by Gasteiger charge is 2.01. The lowest BCUT2D eigenvalue weighted by molar-refractivity contribution is 0.967. The molecule has 1 aliphatic rings. The molecule has 5 heavy (non-hydrogen) atoms. The van der Waals surface area contributed by atoms with Crippen molar-refractivity contribution in [3.63, 3.8) is 0 Å². The third kappa shape index (κ3) is 0.238. The van der Waals surface area contributed by atoms with Crippen LogP contribution in [-0.2, 0) is 0 Å². The molecular weight excluding hydrogens is 66.0 g/mol. The zero-order valence-electron chi connectivity index (χ0n) is 2.55. The van der Waals surface area contributed by atoms with E-state index in [-0.39, 0.29) is 0 Å². The van der Waals surface area contributed by atoms with Crippen molar-refractivity contribution in [2.75, 3.05) is 0 Å². The van der Waals surface area contributed by atoms with Crippen molar-refractivity contribution in [1.82, 2.24) is 15.5 Å². The molecule has 0 saturated carbocycles. The average molecular weight is 69.1 g/mol. The molecule has 0 aliphatic carbocycles. The Kier molecular flexibility index (Phi) is 0.400. The molecule has 0 spiro atoms. The molecule has 1 aliphatic heterocycles. The van der Waals surface area contributed by atoms with Crippen LogP contribution in [0, 0.1) is 0 Å². The maximum absolute atomic E-state index is 3.56. The zero-order valence-corrected chi connectivity index (χ0v) is 2.55. The van der Waals surface area contributed by atoms with Gasteiger partial charge in [0.1, 0.15) is 0 Å². The fourth-order valence-electron chi connectivity index (χ4n) is 0.167. The maximum atomic E-state index is 3.56. The summed E-state index contributed by atoms with van der Waals surface area (Å²) in [4.78, 5) is 3.56. The van der Waals surface area contributed by atoms with Crippen molar-refractivity contribution in [1.29, 1.82) is 0 Å². The lowest BCUT2D eigenvalue weighted by atomic mass is 11.3. The topological polar surface area (TPSA) is 40.2 Å². The molecule has 1 N–H and O–H groups in total. The Morgan fingerprint density at radius 1 is 1.60 bits per heavy atom. The van der Waals surface area contributed by atoms with Gasteiger partial charge in [-0.15, -0.1) is 0 Å². The second-order valence-electron chi connectivity index (χ2n) is 0.652. The Hall–Kier alpha value is -0.860. The Labute approximate surface area is 29.4 Å². The van der Waals surface area contributed by atoms with Gasteiger partial charge in [0.2, 0.25) is 5.10 Å². The van der Waals surface area contributed by atoms with E-state index in [9.17, 15) is 0 Å². The number of rotatable bonds is 0. The first-order valence-electron chi connectivity index (χ1n) is 1.29. The molecule has 1 heterocycles. The third-order valence-corrected chi connectivity index (χ3v) is 0.331. The van der Waals surface area contributed by atoms with Crippen LogP contribution in [0.5, 0.6) is 0 Å². The van der Waals surface area contributed by atoms with Gasteiger partial charge in [-0.05, 0) is 0 Å². The summed E-state index contributed by atoms with van der Waals surface area (Å²) in [6.07, 6.45) is 2.96. The van der Waals surface area contributed by atoms with E-state index in [4.69, 9.17) is 0 Å². The summed E-state index contributed by atoms with van der Waals surface area (Å²) in [5.74, 6) is 0. The highest BCUT2D eigenvalue weighted by molar-refractivity contribution is 5.71. The van der Waals surface area contributed by atoms with Crippen LogP contribution in [0.2, 0.25) is 0 Å². The predicted molar refractivity (Wildman–Crippen MR) is 19.5 cm³/mol. The summed E-state index contributed by atoms with van der Waals surface area (Å²) in [6.45, 7) is 0. The van der Waals surface area contributed by atoms with Gasteiger partial charge < -0.3 is 0 Å².